The van der Waals surface area contributed by atoms with Crippen LogP contribution in [0.15, 0.2) is 0 Å². The first-order valence-electron chi connectivity index (χ1n) is 6.97. The monoisotopic (exact) mass is 269 g/mol. The Morgan fingerprint density at radius 3 is 2.26 bits per heavy atom. The molecule has 19 heavy (non-hydrogen) atoms. The summed E-state index contributed by atoms with van der Waals surface area (Å²) >= 11 is 0. The van der Waals surface area contributed by atoms with E-state index in [1.54, 1.807) is 4.90 Å². The summed E-state index contributed by atoms with van der Waals surface area (Å²) in [6.07, 6.45) is 2.88. The second kappa shape index (κ2) is 5.02. The molecule has 0 radical (unpaired) electrons. The Kier molecular flexibility index (Phi) is 3.74. The van der Waals surface area contributed by atoms with E-state index in [9.17, 15) is 9.59 Å². The van der Waals surface area contributed by atoms with Crippen molar-refractivity contribution >= 4 is 12.1 Å². The van der Waals surface area contributed by atoms with Gasteiger partial charge in [0.1, 0.15) is 5.60 Å². The third-order valence-corrected chi connectivity index (χ3v) is 3.85. The zero-order valence-electron chi connectivity index (χ0n) is 11.9. The number of rotatable bonds is 4. The van der Waals surface area contributed by atoms with Crippen molar-refractivity contribution in [2.24, 2.45) is 11.8 Å². The highest BCUT2D eigenvalue weighted by atomic mass is 16.6. The second-order valence-corrected chi connectivity index (χ2v) is 6.70. The summed E-state index contributed by atoms with van der Waals surface area (Å²) in [6.45, 7) is 5.72. The summed E-state index contributed by atoms with van der Waals surface area (Å²) in [7, 11) is 0. The Bertz CT molecular complexity index is 364. The van der Waals surface area contributed by atoms with Crippen LogP contribution in [0.4, 0.5) is 4.79 Å². The van der Waals surface area contributed by atoms with Gasteiger partial charge in [-0.3, -0.25) is 4.79 Å². The average molecular weight is 269 g/mol. The van der Waals surface area contributed by atoms with Crippen LogP contribution in [0.5, 0.6) is 0 Å². The van der Waals surface area contributed by atoms with Crippen LogP contribution in [0.2, 0.25) is 0 Å². The van der Waals surface area contributed by atoms with Gasteiger partial charge >= 0.3 is 12.1 Å². The number of carboxylic acid groups (broad SMARTS) is 1. The van der Waals surface area contributed by atoms with E-state index in [0.717, 1.165) is 24.7 Å². The van der Waals surface area contributed by atoms with Crippen LogP contribution in [0.25, 0.3) is 0 Å². The predicted molar refractivity (Wildman–Crippen MR) is 69.8 cm³/mol. The molecule has 0 saturated heterocycles. The molecule has 2 aliphatic carbocycles. The fraction of sp³-hybridized carbons (Fsp3) is 0.857. The van der Waals surface area contributed by atoms with Crippen LogP contribution >= 0.6 is 0 Å². The van der Waals surface area contributed by atoms with Crippen molar-refractivity contribution in [1.29, 1.82) is 0 Å². The summed E-state index contributed by atoms with van der Waals surface area (Å²) in [6, 6.07) is 0.165. The summed E-state index contributed by atoms with van der Waals surface area (Å²) in [5.41, 5.74) is -0.542. The molecule has 0 heterocycles. The molecule has 2 atom stereocenters. The minimum absolute atomic E-state index is 0.0227. The molecule has 2 rings (SSSR count). The molecule has 0 spiro atoms. The second-order valence-electron chi connectivity index (χ2n) is 6.70. The van der Waals surface area contributed by atoms with E-state index < -0.39 is 11.6 Å². The first-order chi connectivity index (χ1) is 8.76. The van der Waals surface area contributed by atoms with Crippen molar-refractivity contribution in [2.75, 3.05) is 6.54 Å². The third-order valence-electron chi connectivity index (χ3n) is 3.85. The van der Waals surface area contributed by atoms with Gasteiger partial charge in [0.15, 0.2) is 0 Å². The minimum atomic E-state index is -0.878. The van der Waals surface area contributed by atoms with E-state index in [1.807, 2.05) is 20.8 Å². The molecule has 5 heteroatoms. The number of amides is 1. The highest BCUT2D eigenvalue weighted by molar-refractivity contribution is 5.71. The molecule has 1 amide bonds. The van der Waals surface area contributed by atoms with Crippen molar-refractivity contribution in [1.82, 2.24) is 4.90 Å². The molecule has 0 aromatic rings. The Morgan fingerprint density at radius 1 is 1.21 bits per heavy atom. The fourth-order valence-corrected chi connectivity index (χ4v) is 2.90. The number of ether oxygens (including phenoxy) is 1. The Balaban J connectivity index is 1.96. The number of fused-ring (bicyclic) bond motifs is 1. The molecule has 0 aromatic carbocycles. The van der Waals surface area contributed by atoms with Crippen LogP contribution in [0.1, 0.15) is 46.5 Å². The number of hydrogen-bond acceptors (Lipinski definition) is 3. The number of carbonyl (C=O) groups is 2. The van der Waals surface area contributed by atoms with Crippen LogP contribution in [0.3, 0.4) is 0 Å². The van der Waals surface area contributed by atoms with Gasteiger partial charge in [-0.15, -0.1) is 0 Å². The van der Waals surface area contributed by atoms with Crippen LogP contribution in [-0.2, 0) is 9.53 Å². The van der Waals surface area contributed by atoms with Crippen molar-refractivity contribution in [3.05, 3.63) is 0 Å². The van der Waals surface area contributed by atoms with Crippen molar-refractivity contribution in [3.8, 4) is 0 Å². The molecule has 108 valence electrons. The largest absolute Gasteiger partial charge is 0.481 e. The first-order valence-corrected chi connectivity index (χ1v) is 6.97. The average Bonchev–Trinajstić information content (AvgIpc) is 2.83. The molecular weight excluding hydrogens is 246 g/mol. The van der Waals surface area contributed by atoms with Crippen LogP contribution < -0.4 is 0 Å². The van der Waals surface area contributed by atoms with Gasteiger partial charge in [0, 0.05) is 12.6 Å². The Labute approximate surface area is 113 Å². The number of hydrogen-bond donors (Lipinski definition) is 1. The summed E-state index contributed by atoms with van der Waals surface area (Å²) < 4.78 is 5.39. The van der Waals surface area contributed by atoms with E-state index in [0.29, 0.717) is 0 Å². The molecule has 5 nitrogen and oxygen atoms in total. The van der Waals surface area contributed by atoms with E-state index in [2.05, 4.69) is 0 Å². The van der Waals surface area contributed by atoms with Gasteiger partial charge in [-0.25, -0.2) is 4.79 Å². The highest BCUT2D eigenvalue weighted by Crippen LogP contribution is 2.53. The number of aliphatic carboxylic acids is 1. The van der Waals surface area contributed by atoms with E-state index in [-0.39, 0.29) is 25.1 Å². The predicted octanol–water partition coefficient (Wildman–Crippen LogP) is 2.50. The summed E-state index contributed by atoms with van der Waals surface area (Å²) in [4.78, 5) is 24.5. The number of carboxylic acids is 1. The third kappa shape index (κ3) is 3.85. The van der Waals surface area contributed by atoms with Gasteiger partial charge in [-0.05, 0) is 51.9 Å². The maximum atomic E-state index is 12.2. The molecule has 0 aliphatic heterocycles. The number of carbonyl (C=O) groups excluding carboxylic acids is 1. The lowest BCUT2D eigenvalue weighted by Crippen LogP contribution is -2.43. The van der Waals surface area contributed by atoms with Gasteiger partial charge in [-0.1, -0.05) is 0 Å². The van der Waals surface area contributed by atoms with Crippen molar-refractivity contribution < 1.29 is 19.4 Å². The molecule has 0 bridgehead atoms. The van der Waals surface area contributed by atoms with Crippen molar-refractivity contribution in [2.45, 2.75) is 58.1 Å². The molecule has 2 fully saturated rings. The standard InChI is InChI=1S/C14H23NO4/c1-14(2,3)19-13(18)15(5-4-12(16)17)11-7-9-6-10(9)8-11/h9-11H,4-8H2,1-3H3,(H,16,17)/t9-,10-/m0/s1. The van der Waals surface area contributed by atoms with Crippen molar-refractivity contribution in [3.63, 3.8) is 0 Å². The van der Waals surface area contributed by atoms with E-state index in [4.69, 9.17) is 9.84 Å². The molecular formula is C14H23NO4. The zero-order chi connectivity index (χ0) is 14.2. The Morgan fingerprint density at radius 2 is 1.79 bits per heavy atom. The number of nitrogens with zero attached hydrogens (tertiary/aromatic N) is 1. The molecule has 1 N–H and O–H groups in total. The minimum Gasteiger partial charge on any atom is -0.481 e. The van der Waals surface area contributed by atoms with Gasteiger partial charge in [0.2, 0.25) is 0 Å². The Hall–Kier alpha value is -1.26. The smallest absolute Gasteiger partial charge is 0.410 e. The van der Waals surface area contributed by atoms with E-state index >= 15 is 0 Å². The van der Waals surface area contributed by atoms with Crippen LogP contribution in [0, 0.1) is 11.8 Å². The molecule has 2 saturated carbocycles. The normalized spacial score (nSPS) is 25.8. The summed E-state index contributed by atoms with van der Waals surface area (Å²) in [5.74, 6) is 0.622. The zero-order valence-corrected chi connectivity index (χ0v) is 11.9. The van der Waals surface area contributed by atoms with Gasteiger partial charge in [-0.2, -0.15) is 0 Å². The van der Waals surface area contributed by atoms with Gasteiger partial charge in [0.25, 0.3) is 0 Å². The summed E-state index contributed by atoms with van der Waals surface area (Å²) in [5, 5.41) is 8.80. The quantitative estimate of drug-likeness (QED) is 0.851. The van der Waals surface area contributed by atoms with Gasteiger partial charge in [0.05, 0.1) is 6.42 Å². The maximum Gasteiger partial charge on any atom is 0.410 e. The first kappa shape index (κ1) is 14.2. The van der Waals surface area contributed by atoms with Gasteiger partial charge < -0.3 is 14.7 Å². The maximum absolute atomic E-state index is 12.2. The fourth-order valence-electron chi connectivity index (χ4n) is 2.90. The lowest BCUT2D eigenvalue weighted by atomic mass is 10.1. The van der Waals surface area contributed by atoms with E-state index in [1.165, 1.54) is 6.42 Å². The molecule has 0 aromatic heterocycles. The highest BCUT2D eigenvalue weighted by Gasteiger charge is 2.48. The lowest BCUT2D eigenvalue weighted by molar-refractivity contribution is -0.137. The molecule has 0 unspecified atom stereocenters. The van der Waals surface area contributed by atoms with Crippen LogP contribution in [-0.4, -0.2) is 40.3 Å². The topological polar surface area (TPSA) is 66.8 Å². The lowest BCUT2D eigenvalue weighted by Gasteiger charge is -2.32. The SMILES string of the molecule is CC(C)(C)OC(=O)N(CCC(=O)O)C1C[C@@H]2C[C@H]2C1. The molecule has 2 aliphatic rings.